The Labute approximate surface area is 167 Å². The maximum Gasteiger partial charge on any atom is 0.226 e. The molecule has 0 fully saturated rings. The number of carbonyl (C=O) groups excluding carboxylic acids is 1. The molecule has 2 aromatic carbocycles. The van der Waals surface area contributed by atoms with E-state index in [1.165, 1.54) is 29.0 Å². The van der Waals surface area contributed by atoms with Crippen molar-refractivity contribution in [3.8, 4) is 11.5 Å². The molecule has 3 aromatic rings. The van der Waals surface area contributed by atoms with Crippen molar-refractivity contribution < 1.29 is 18.7 Å². The number of thiazole rings is 1. The summed E-state index contributed by atoms with van der Waals surface area (Å²) in [4.78, 5) is 16.4. The highest BCUT2D eigenvalue weighted by Gasteiger charge is 2.08. The van der Waals surface area contributed by atoms with Crippen LogP contribution in [0.4, 0.5) is 4.39 Å². The molecule has 3 rings (SSSR count). The first kappa shape index (κ1) is 19.8. The first-order valence-corrected chi connectivity index (χ1v) is 9.74. The molecule has 0 bridgehead atoms. The highest BCUT2D eigenvalue weighted by Crippen LogP contribution is 2.16. The van der Waals surface area contributed by atoms with Gasteiger partial charge < -0.3 is 14.8 Å². The van der Waals surface area contributed by atoms with E-state index in [0.29, 0.717) is 24.6 Å². The highest BCUT2D eigenvalue weighted by atomic mass is 32.1. The number of hydrogen-bond acceptors (Lipinski definition) is 5. The van der Waals surface area contributed by atoms with Crippen LogP contribution >= 0.6 is 11.3 Å². The van der Waals surface area contributed by atoms with Gasteiger partial charge >= 0.3 is 0 Å². The number of aromatic nitrogens is 1. The molecule has 0 unspecified atom stereocenters. The van der Waals surface area contributed by atoms with Gasteiger partial charge in [0.15, 0.2) is 0 Å². The molecule has 1 N–H and O–H groups in total. The maximum atomic E-state index is 13.1. The maximum absolute atomic E-state index is 13.1. The lowest BCUT2D eigenvalue weighted by molar-refractivity contribution is -0.120. The summed E-state index contributed by atoms with van der Waals surface area (Å²) in [5.41, 5.74) is 1.88. The van der Waals surface area contributed by atoms with Crippen molar-refractivity contribution in [1.29, 1.82) is 0 Å². The number of halogens is 1. The lowest BCUT2D eigenvalue weighted by Gasteiger charge is -2.07. The quantitative estimate of drug-likeness (QED) is 0.554. The zero-order chi connectivity index (χ0) is 19.8. The molecule has 0 radical (unpaired) electrons. The van der Waals surface area contributed by atoms with Crippen LogP contribution in [-0.2, 0) is 17.8 Å². The number of nitrogens with zero attached hydrogens (tertiary/aromatic N) is 1. The predicted octanol–water partition coefficient (Wildman–Crippen LogP) is 3.91. The van der Waals surface area contributed by atoms with Crippen molar-refractivity contribution in [3.05, 3.63) is 76.0 Å². The highest BCUT2D eigenvalue weighted by molar-refractivity contribution is 7.09. The summed E-state index contributed by atoms with van der Waals surface area (Å²) in [6.07, 6.45) is 0.195. The summed E-state index contributed by atoms with van der Waals surface area (Å²) in [7, 11) is 0. The van der Waals surface area contributed by atoms with E-state index in [1.54, 1.807) is 12.1 Å². The second kappa shape index (κ2) is 9.85. The molecule has 0 aliphatic rings. The Bertz CT molecular complexity index is 912. The van der Waals surface area contributed by atoms with Gasteiger partial charge in [0, 0.05) is 11.4 Å². The van der Waals surface area contributed by atoms with Gasteiger partial charge in [-0.15, -0.1) is 11.3 Å². The number of aryl methyl sites for hydroxylation is 1. The minimum absolute atomic E-state index is 0.140. The number of benzene rings is 2. The lowest BCUT2D eigenvalue weighted by atomic mass is 10.2. The number of nitrogens with one attached hydrogen (secondary N) is 1. The van der Waals surface area contributed by atoms with E-state index in [9.17, 15) is 9.18 Å². The van der Waals surface area contributed by atoms with Crippen molar-refractivity contribution in [2.45, 2.75) is 20.0 Å². The van der Waals surface area contributed by atoms with Gasteiger partial charge in [-0.2, -0.15) is 0 Å². The van der Waals surface area contributed by atoms with Crippen LogP contribution in [0.1, 0.15) is 16.3 Å². The second-order valence-corrected chi connectivity index (χ2v) is 7.11. The zero-order valence-electron chi connectivity index (χ0n) is 15.5. The average Bonchev–Trinajstić information content (AvgIpc) is 3.12. The molecule has 1 aromatic heterocycles. The smallest absolute Gasteiger partial charge is 0.226 e. The van der Waals surface area contributed by atoms with Gasteiger partial charge in [-0.3, -0.25) is 4.79 Å². The fourth-order valence-corrected chi connectivity index (χ4v) is 3.12. The van der Waals surface area contributed by atoms with Gasteiger partial charge in [0.25, 0.3) is 0 Å². The number of amides is 1. The Hall–Kier alpha value is -2.93. The molecule has 0 saturated carbocycles. The van der Waals surface area contributed by atoms with E-state index in [2.05, 4.69) is 10.3 Å². The van der Waals surface area contributed by atoms with Gasteiger partial charge in [-0.05, 0) is 31.2 Å². The summed E-state index contributed by atoms with van der Waals surface area (Å²) in [5.74, 6) is 0.733. The largest absolute Gasteiger partial charge is 0.492 e. The Kier molecular flexibility index (Phi) is 6.97. The Morgan fingerprint density at radius 3 is 2.75 bits per heavy atom. The van der Waals surface area contributed by atoms with Crippen LogP contribution in [0.3, 0.4) is 0 Å². The van der Waals surface area contributed by atoms with Crippen LogP contribution < -0.4 is 14.8 Å². The number of ether oxygens (including phenoxy) is 2. The van der Waals surface area contributed by atoms with Gasteiger partial charge in [0.05, 0.1) is 18.7 Å². The van der Waals surface area contributed by atoms with E-state index in [0.717, 1.165) is 10.8 Å². The molecule has 0 aliphatic heterocycles. The van der Waals surface area contributed by atoms with E-state index in [1.807, 2.05) is 36.6 Å². The lowest BCUT2D eigenvalue weighted by Crippen LogP contribution is -2.29. The van der Waals surface area contributed by atoms with Crippen molar-refractivity contribution in [1.82, 2.24) is 10.3 Å². The third-order valence-electron chi connectivity index (χ3n) is 3.81. The molecule has 1 heterocycles. The predicted molar refractivity (Wildman–Crippen MR) is 106 cm³/mol. The minimum atomic E-state index is -0.354. The number of hydrogen-bond donors (Lipinski definition) is 1. The molecule has 7 heteroatoms. The van der Waals surface area contributed by atoms with Crippen LogP contribution in [0.5, 0.6) is 11.5 Å². The third kappa shape index (κ3) is 6.35. The zero-order valence-corrected chi connectivity index (χ0v) is 16.3. The average molecular weight is 400 g/mol. The van der Waals surface area contributed by atoms with Crippen LogP contribution in [0, 0.1) is 12.7 Å². The van der Waals surface area contributed by atoms with Gasteiger partial charge in [-0.25, -0.2) is 9.37 Å². The molecular formula is C21H21FN2O3S. The SMILES string of the molecule is Cc1ccc(OCc2nc(CC(=O)NCCOc3cccc(F)c3)cs2)cc1. The van der Waals surface area contributed by atoms with Gasteiger partial charge in [-0.1, -0.05) is 23.8 Å². The van der Waals surface area contributed by atoms with E-state index >= 15 is 0 Å². The summed E-state index contributed by atoms with van der Waals surface area (Å²) in [5, 5.41) is 5.44. The fraction of sp³-hybridized carbons (Fsp3) is 0.238. The molecule has 0 aliphatic carbocycles. The van der Waals surface area contributed by atoms with E-state index in [4.69, 9.17) is 9.47 Å². The van der Waals surface area contributed by atoms with Crippen molar-refractivity contribution in [2.24, 2.45) is 0 Å². The molecule has 146 valence electrons. The molecular weight excluding hydrogens is 379 g/mol. The summed E-state index contributed by atoms with van der Waals surface area (Å²) >= 11 is 1.46. The molecule has 0 atom stereocenters. The first-order chi connectivity index (χ1) is 13.6. The number of rotatable bonds is 9. The van der Waals surface area contributed by atoms with Crippen LogP contribution in [0.2, 0.25) is 0 Å². The molecule has 1 amide bonds. The second-order valence-electron chi connectivity index (χ2n) is 6.17. The summed E-state index contributed by atoms with van der Waals surface area (Å²) in [6.45, 7) is 3.00. The molecule has 28 heavy (non-hydrogen) atoms. The minimum Gasteiger partial charge on any atom is -0.492 e. The Morgan fingerprint density at radius 2 is 1.96 bits per heavy atom. The molecule has 0 spiro atoms. The van der Waals surface area contributed by atoms with E-state index in [-0.39, 0.29) is 24.8 Å². The van der Waals surface area contributed by atoms with Crippen molar-refractivity contribution in [2.75, 3.05) is 13.2 Å². The van der Waals surface area contributed by atoms with Gasteiger partial charge in [0.2, 0.25) is 5.91 Å². The normalized spacial score (nSPS) is 10.5. The topological polar surface area (TPSA) is 60.5 Å². The fourth-order valence-electron chi connectivity index (χ4n) is 2.42. The molecule has 0 saturated heterocycles. The molecule has 5 nitrogen and oxygen atoms in total. The van der Waals surface area contributed by atoms with Crippen LogP contribution in [-0.4, -0.2) is 24.0 Å². The van der Waals surface area contributed by atoms with E-state index < -0.39 is 0 Å². The van der Waals surface area contributed by atoms with Crippen molar-refractivity contribution >= 4 is 17.2 Å². The van der Waals surface area contributed by atoms with Crippen LogP contribution in [0.15, 0.2) is 53.9 Å². The third-order valence-corrected chi connectivity index (χ3v) is 4.68. The summed E-state index contributed by atoms with van der Waals surface area (Å²) in [6, 6.07) is 13.7. The Morgan fingerprint density at radius 1 is 1.14 bits per heavy atom. The van der Waals surface area contributed by atoms with Crippen molar-refractivity contribution in [3.63, 3.8) is 0 Å². The standard InChI is InChI=1S/C21H21FN2O3S/c1-15-5-7-18(8-6-15)27-13-21-24-17(14-28-21)12-20(25)23-9-10-26-19-4-2-3-16(22)11-19/h2-8,11,14H,9-10,12-13H2,1H3,(H,23,25). The Balaban J connectivity index is 1.37. The number of carbonyl (C=O) groups is 1. The summed E-state index contributed by atoms with van der Waals surface area (Å²) < 4.78 is 24.1. The monoisotopic (exact) mass is 400 g/mol. The van der Waals surface area contributed by atoms with Gasteiger partial charge in [0.1, 0.15) is 35.5 Å². The first-order valence-electron chi connectivity index (χ1n) is 8.86. The van der Waals surface area contributed by atoms with Crippen LogP contribution in [0.25, 0.3) is 0 Å².